The van der Waals surface area contributed by atoms with Crippen molar-refractivity contribution >= 4 is 0 Å². The lowest BCUT2D eigenvalue weighted by molar-refractivity contribution is -0.000973. The molecule has 0 spiro atoms. The molecule has 114 valence electrons. The second-order valence-corrected chi connectivity index (χ2v) is 3.02. The van der Waals surface area contributed by atoms with E-state index in [1.165, 1.54) is 12.5 Å². The molecule has 0 radical (unpaired) electrons. The van der Waals surface area contributed by atoms with E-state index in [9.17, 15) is 0 Å². The standard InChI is InChI=1S/C9H20O5.C4H6O/c1-11-4-5-13-8-9-14-7-6-12-3-2-10;1-3-5-4-2/h10H,2-9H2,1H3;3-4H,1-2H2. The smallest absolute Gasteiger partial charge is 0.0829 e. The maximum absolute atomic E-state index is 8.39. The molecule has 0 atom stereocenters. The van der Waals surface area contributed by atoms with E-state index in [0.29, 0.717) is 46.2 Å². The van der Waals surface area contributed by atoms with Crippen molar-refractivity contribution in [3.63, 3.8) is 0 Å². The van der Waals surface area contributed by atoms with Crippen molar-refractivity contribution in [2.75, 3.05) is 60.0 Å². The summed E-state index contributed by atoms with van der Waals surface area (Å²) in [5.41, 5.74) is 0. The highest BCUT2D eigenvalue weighted by Gasteiger charge is 1.90. The zero-order chi connectivity index (χ0) is 14.6. The molecular formula is C13H26O6. The third kappa shape index (κ3) is 26.6. The molecule has 0 heterocycles. The molecule has 19 heavy (non-hydrogen) atoms. The minimum absolute atomic E-state index is 0.0557. The van der Waals surface area contributed by atoms with Crippen LogP contribution in [-0.2, 0) is 23.7 Å². The average Bonchev–Trinajstić information content (AvgIpc) is 2.43. The molecule has 0 amide bonds. The van der Waals surface area contributed by atoms with Gasteiger partial charge in [-0.3, -0.25) is 0 Å². The van der Waals surface area contributed by atoms with E-state index in [1.807, 2.05) is 0 Å². The maximum atomic E-state index is 8.39. The summed E-state index contributed by atoms with van der Waals surface area (Å²) < 4.78 is 24.5. The lowest BCUT2D eigenvalue weighted by Gasteiger charge is -2.05. The predicted octanol–water partition coefficient (Wildman–Crippen LogP) is 0.965. The zero-order valence-electron chi connectivity index (χ0n) is 11.7. The molecule has 0 aliphatic heterocycles. The highest BCUT2D eigenvalue weighted by molar-refractivity contribution is 4.57. The predicted molar refractivity (Wildman–Crippen MR) is 72.9 cm³/mol. The molecule has 0 bridgehead atoms. The van der Waals surface area contributed by atoms with Gasteiger partial charge in [-0.2, -0.15) is 0 Å². The largest absolute Gasteiger partial charge is 0.474 e. The molecule has 0 aromatic rings. The van der Waals surface area contributed by atoms with Crippen LogP contribution >= 0.6 is 0 Å². The minimum Gasteiger partial charge on any atom is -0.474 e. The van der Waals surface area contributed by atoms with Gasteiger partial charge in [0, 0.05) is 7.11 Å². The fourth-order valence-electron chi connectivity index (χ4n) is 0.817. The van der Waals surface area contributed by atoms with Crippen LogP contribution < -0.4 is 0 Å². The van der Waals surface area contributed by atoms with Gasteiger partial charge in [0.25, 0.3) is 0 Å². The second-order valence-electron chi connectivity index (χ2n) is 3.02. The fourth-order valence-corrected chi connectivity index (χ4v) is 0.817. The van der Waals surface area contributed by atoms with Gasteiger partial charge in [0.15, 0.2) is 0 Å². The Morgan fingerprint density at radius 2 is 1.21 bits per heavy atom. The van der Waals surface area contributed by atoms with Gasteiger partial charge in [-0.25, -0.2) is 0 Å². The number of aliphatic hydroxyl groups is 1. The summed E-state index contributed by atoms with van der Waals surface area (Å²) >= 11 is 0. The third-order valence-electron chi connectivity index (χ3n) is 1.60. The highest BCUT2D eigenvalue weighted by atomic mass is 16.6. The fraction of sp³-hybridized carbons (Fsp3) is 0.692. The van der Waals surface area contributed by atoms with E-state index in [0.717, 1.165) is 0 Å². The second kappa shape index (κ2) is 22.3. The lowest BCUT2D eigenvalue weighted by atomic mass is 10.7. The van der Waals surface area contributed by atoms with Crippen molar-refractivity contribution in [3.8, 4) is 0 Å². The summed E-state index contributed by atoms with van der Waals surface area (Å²) in [7, 11) is 1.64. The summed E-state index contributed by atoms with van der Waals surface area (Å²) in [5, 5.41) is 8.39. The lowest BCUT2D eigenvalue weighted by Crippen LogP contribution is -2.12. The van der Waals surface area contributed by atoms with Crippen LogP contribution in [0.1, 0.15) is 0 Å². The van der Waals surface area contributed by atoms with Crippen molar-refractivity contribution < 1.29 is 28.8 Å². The van der Waals surface area contributed by atoms with E-state index in [4.69, 9.17) is 24.1 Å². The quantitative estimate of drug-likeness (QED) is 0.400. The van der Waals surface area contributed by atoms with Crippen LogP contribution in [0.25, 0.3) is 0 Å². The molecule has 0 saturated carbocycles. The summed E-state index contributed by atoms with van der Waals surface area (Å²) in [6.45, 7) is 10.3. The Balaban J connectivity index is 0. The molecule has 0 fully saturated rings. The minimum atomic E-state index is 0.0557. The first-order valence-corrected chi connectivity index (χ1v) is 6.03. The van der Waals surface area contributed by atoms with Gasteiger partial charge < -0.3 is 28.8 Å². The van der Waals surface area contributed by atoms with Crippen LogP contribution in [-0.4, -0.2) is 65.1 Å². The van der Waals surface area contributed by atoms with Crippen LogP contribution in [0.2, 0.25) is 0 Å². The molecule has 0 rings (SSSR count). The topological polar surface area (TPSA) is 66.4 Å². The van der Waals surface area contributed by atoms with Gasteiger partial charge in [-0.05, 0) is 0 Å². The number of ether oxygens (including phenoxy) is 5. The Bertz CT molecular complexity index is 157. The molecule has 6 heteroatoms. The van der Waals surface area contributed by atoms with Crippen LogP contribution in [0, 0.1) is 0 Å². The van der Waals surface area contributed by atoms with Gasteiger partial charge in [-0.1, -0.05) is 13.2 Å². The Kier molecular flexibility index (Phi) is 23.9. The molecule has 6 nitrogen and oxygen atoms in total. The molecule has 0 aromatic carbocycles. The third-order valence-corrected chi connectivity index (χ3v) is 1.60. The summed E-state index contributed by atoms with van der Waals surface area (Å²) in [6.07, 6.45) is 2.62. The Morgan fingerprint density at radius 1 is 0.789 bits per heavy atom. The normalized spacial score (nSPS) is 9.37. The average molecular weight is 278 g/mol. The van der Waals surface area contributed by atoms with E-state index in [-0.39, 0.29) is 6.61 Å². The SMILES string of the molecule is C=COC=C.COCCOCCOCCOCCO. The first-order valence-electron chi connectivity index (χ1n) is 6.03. The number of hydrogen-bond donors (Lipinski definition) is 1. The van der Waals surface area contributed by atoms with Crippen LogP contribution in [0.4, 0.5) is 0 Å². The molecular weight excluding hydrogens is 252 g/mol. The maximum Gasteiger partial charge on any atom is 0.0829 e. The number of hydrogen-bond acceptors (Lipinski definition) is 6. The molecule has 0 aliphatic rings. The van der Waals surface area contributed by atoms with Gasteiger partial charge in [0.1, 0.15) is 0 Å². The first kappa shape index (κ1) is 20.4. The number of methoxy groups -OCH3 is 1. The van der Waals surface area contributed by atoms with E-state index in [1.54, 1.807) is 7.11 Å². The van der Waals surface area contributed by atoms with Gasteiger partial charge >= 0.3 is 0 Å². The van der Waals surface area contributed by atoms with Crippen LogP contribution in [0.15, 0.2) is 25.7 Å². The van der Waals surface area contributed by atoms with E-state index in [2.05, 4.69) is 17.9 Å². The van der Waals surface area contributed by atoms with E-state index < -0.39 is 0 Å². The van der Waals surface area contributed by atoms with Crippen molar-refractivity contribution in [1.82, 2.24) is 0 Å². The molecule has 0 saturated heterocycles. The number of rotatable bonds is 13. The molecule has 0 aromatic heterocycles. The summed E-state index contributed by atoms with van der Waals surface area (Å²) in [4.78, 5) is 0. The van der Waals surface area contributed by atoms with Crippen molar-refractivity contribution in [1.29, 1.82) is 0 Å². The molecule has 0 aliphatic carbocycles. The Morgan fingerprint density at radius 3 is 1.53 bits per heavy atom. The van der Waals surface area contributed by atoms with Crippen LogP contribution in [0.5, 0.6) is 0 Å². The first-order chi connectivity index (χ1) is 9.33. The summed E-state index contributed by atoms with van der Waals surface area (Å²) in [6, 6.07) is 0. The number of aliphatic hydroxyl groups excluding tert-OH is 1. The van der Waals surface area contributed by atoms with Crippen molar-refractivity contribution in [3.05, 3.63) is 25.7 Å². The summed E-state index contributed by atoms with van der Waals surface area (Å²) in [5.74, 6) is 0. The van der Waals surface area contributed by atoms with Gasteiger partial charge in [0.2, 0.25) is 0 Å². The van der Waals surface area contributed by atoms with Crippen molar-refractivity contribution in [2.24, 2.45) is 0 Å². The Hall–Kier alpha value is -0.920. The van der Waals surface area contributed by atoms with Crippen LogP contribution in [0.3, 0.4) is 0 Å². The Labute approximate surface area is 115 Å². The zero-order valence-corrected chi connectivity index (χ0v) is 11.7. The highest BCUT2D eigenvalue weighted by Crippen LogP contribution is 1.81. The van der Waals surface area contributed by atoms with Gasteiger partial charge in [-0.15, -0.1) is 0 Å². The van der Waals surface area contributed by atoms with E-state index >= 15 is 0 Å². The monoisotopic (exact) mass is 278 g/mol. The molecule has 0 unspecified atom stereocenters. The molecule has 1 N–H and O–H groups in total. The van der Waals surface area contributed by atoms with Gasteiger partial charge in [0.05, 0.1) is 65.4 Å². The van der Waals surface area contributed by atoms with Crippen molar-refractivity contribution in [2.45, 2.75) is 0 Å².